The number of benzene rings is 1. The smallest absolute Gasteiger partial charge is 0.190 e. The van der Waals surface area contributed by atoms with Gasteiger partial charge in [-0.3, -0.25) is 0 Å². The zero-order valence-electron chi connectivity index (χ0n) is 8.40. The molecule has 1 rings (SSSR count). The van der Waals surface area contributed by atoms with Gasteiger partial charge < -0.3 is 4.79 Å². The molecule has 0 fully saturated rings. The second-order valence-electron chi connectivity index (χ2n) is 3.68. The number of carbonyl (C=O) groups is 1. The number of halogens is 1. The molecule has 0 aliphatic carbocycles. The third kappa shape index (κ3) is 2.07. The number of hydrogen-bond acceptors (Lipinski definition) is 3. The second-order valence-corrected chi connectivity index (χ2v) is 6.21. The predicted molar refractivity (Wildman–Crippen MR) is 53.7 cm³/mol. The Morgan fingerprint density at radius 1 is 1.33 bits per heavy atom. The van der Waals surface area contributed by atoms with Crippen LogP contribution in [0.15, 0.2) is 29.2 Å². The van der Waals surface area contributed by atoms with Crippen molar-refractivity contribution in [2.45, 2.75) is 23.5 Å². The normalized spacial score (nSPS) is 12.5. The number of rotatable bonds is 3. The Hall–Kier alpha value is -1.23. The van der Waals surface area contributed by atoms with Crippen LogP contribution < -0.4 is 0 Å². The third-order valence-corrected chi connectivity index (χ3v) is 4.44. The van der Waals surface area contributed by atoms with Crippen LogP contribution in [-0.2, 0) is 14.6 Å². The van der Waals surface area contributed by atoms with Crippen molar-refractivity contribution >= 4 is 16.1 Å². The van der Waals surface area contributed by atoms with E-state index < -0.39 is 20.4 Å². The molecule has 0 atom stereocenters. The Morgan fingerprint density at radius 2 is 1.93 bits per heavy atom. The fourth-order valence-corrected chi connectivity index (χ4v) is 2.26. The van der Waals surface area contributed by atoms with Crippen LogP contribution in [0.3, 0.4) is 0 Å². The quantitative estimate of drug-likeness (QED) is 0.741. The molecule has 3 nitrogen and oxygen atoms in total. The first-order chi connectivity index (χ1) is 6.81. The maximum absolute atomic E-state index is 12.8. The topological polar surface area (TPSA) is 51.2 Å². The van der Waals surface area contributed by atoms with Gasteiger partial charge in [0.05, 0.1) is 4.90 Å². The fraction of sp³-hybridized carbons (Fsp3) is 0.300. The van der Waals surface area contributed by atoms with Crippen LogP contribution in [0.25, 0.3) is 0 Å². The first-order valence-electron chi connectivity index (χ1n) is 4.28. The lowest BCUT2D eigenvalue weighted by molar-refractivity contribution is -0.109. The van der Waals surface area contributed by atoms with Gasteiger partial charge in [-0.05, 0) is 32.0 Å². The van der Waals surface area contributed by atoms with Crippen LogP contribution >= 0.6 is 0 Å². The molecule has 0 saturated carbocycles. The summed E-state index contributed by atoms with van der Waals surface area (Å²) in [4.78, 5) is 10.5. The summed E-state index contributed by atoms with van der Waals surface area (Å²) in [7, 11) is -3.82. The van der Waals surface area contributed by atoms with Gasteiger partial charge in [-0.1, -0.05) is 6.07 Å². The van der Waals surface area contributed by atoms with Gasteiger partial charge in [0.15, 0.2) is 9.84 Å². The highest BCUT2D eigenvalue weighted by Crippen LogP contribution is 2.23. The molecule has 0 N–H and O–H groups in total. The lowest BCUT2D eigenvalue weighted by Crippen LogP contribution is -2.33. The van der Waals surface area contributed by atoms with Crippen LogP contribution in [0.5, 0.6) is 0 Å². The Balaban J connectivity index is 3.36. The maximum Gasteiger partial charge on any atom is 0.190 e. The molecule has 0 saturated heterocycles. The molecule has 0 unspecified atom stereocenters. The minimum absolute atomic E-state index is 0.181. The van der Waals surface area contributed by atoms with Crippen molar-refractivity contribution in [2.24, 2.45) is 0 Å². The Morgan fingerprint density at radius 3 is 2.40 bits per heavy atom. The van der Waals surface area contributed by atoms with Crippen molar-refractivity contribution in [1.29, 1.82) is 0 Å². The predicted octanol–water partition coefficient (Wildman–Crippen LogP) is 1.58. The molecule has 0 heterocycles. The second kappa shape index (κ2) is 3.73. The summed E-state index contributed by atoms with van der Waals surface area (Å²) in [5.74, 6) is -0.641. The molecule has 0 spiro atoms. The van der Waals surface area contributed by atoms with Gasteiger partial charge in [-0.25, -0.2) is 12.8 Å². The van der Waals surface area contributed by atoms with Crippen LogP contribution in [0.2, 0.25) is 0 Å². The largest absolute Gasteiger partial charge is 0.302 e. The SMILES string of the molecule is CC(C)(C=O)S(=O)(=O)c1cccc(F)c1. The van der Waals surface area contributed by atoms with E-state index in [0.29, 0.717) is 6.29 Å². The van der Waals surface area contributed by atoms with Crippen LogP contribution in [0.1, 0.15) is 13.8 Å². The molecule has 0 bridgehead atoms. The molecule has 15 heavy (non-hydrogen) atoms. The summed E-state index contributed by atoms with van der Waals surface area (Å²) in [6, 6.07) is 4.61. The summed E-state index contributed by atoms with van der Waals surface area (Å²) in [6.45, 7) is 2.56. The van der Waals surface area contributed by atoms with Gasteiger partial charge in [0.2, 0.25) is 0 Å². The summed E-state index contributed by atoms with van der Waals surface area (Å²) in [5, 5.41) is 0. The number of sulfone groups is 1. The van der Waals surface area contributed by atoms with Crippen LogP contribution in [0.4, 0.5) is 4.39 Å². The fourth-order valence-electron chi connectivity index (χ4n) is 1.00. The maximum atomic E-state index is 12.8. The van der Waals surface area contributed by atoms with Crippen molar-refractivity contribution in [3.8, 4) is 0 Å². The van der Waals surface area contributed by atoms with Crippen molar-refractivity contribution in [3.63, 3.8) is 0 Å². The van der Waals surface area contributed by atoms with Crippen LogP contribution in [-0.4, -0.2) is 19.5 Å². The first kappa shape index (κ1) is 11.8. The summed E-state index contributed by atoms with van der Waals surface area (Å²) >= 11 is 0. The van der Waals surface area contributed by atoms with E-state index in [1.165, 1.54) is 26.0 Å². The summed E-state index contributed by atoms with van der Waals surface area (Å²) in [6.07, 6.45) is 0.341. The molecule has 0 radical (unpaired) electrons. The van der Waals surface area contributed by atoms with Crippen molar-refractivity contribution in [2.75, 3.05) is 0 Å². The lowest BCUT2D eigenvalue weighted by Gasteiger charge is -2.17. The Bertz CT molecular complexity index is 477. The van der Waals surface area contributed by atoms with E-state index in [9.17, 15) is 17.6 Å². The highest BCUT2D eigenvalue weighted by atomic mass is 32.2. The third-order valence-electron chi connectivity index (χ3n) is 2.08. The summed E-state index contributed by atoms with van der Waals surface area (Å²) in [5.41, 5.74) is 0. The zero-order chi connectivity index (χ0) is 11.7. The van der Waals surface area contributed by atoms with E-state index >= 15 is 0 Å². The Labute approximate surface area is 87.8 Å². The molecule has 1 aromatic carbocycles. The van der Waals surface area contributed by atoms with Gasteiger partial charge in [-0.15, -0.1) is 0 Å². The van der Waals surface area contributed by atoms with Crippen molar-refractivity contribution in [1.82, 2.24) is 0 Å². The molecule has 0 aromatic heterocycles. The molecule has 0 aliphatic heterocycles. The number of hydrogen-bond donors (Lipinski definition) is 0. The average Bonchev–Trinajstić information content (AvgIpc) is 2.17. The van der Waals surface area contributed by atoms with Crippen molar-refractivity contribution in [3.05, 3.63) is 30.1 Å². The zero-order valence-corrected chi connectivity index (χ0v) is 9.21. The van der Waals surface area contributed by atoms with E-state index in [4.69, 9.17) is 0 Å². The van der Waals surface area contributed by atoms with Gasteiger partial charge in [-0.2, -0.15) is 0 Å². The van der Waals surface area contributed by atoms with Gasteiger partial charge in [0.25, 0.3) is 0 Å². The highest BCUT2D eigenvalue weighted by Gasteiger charge is 2.35. The average molecular weight is 230 g/mol. The van der Waals surface area contributed by atoms with Gasteiger partial charge in [0, 0.05) is 0 Å². The van der Waals surface area contributed by atoms with E-state index in [-0.39, 0.29) is 4.90 Å². The standard InChI is InChI=1S/C10H11FO3S/c1-10(2,7-12)15(13,14)9-5-3-4-8(11)6-9/h3-7H,1-2H3. The summed E-state index contributed by atoms with van der Waals surface area (Å²) < 4.78 is 35.0. The molecule has 1 aromatic rings. The lowest BCUT2D eigenvalue weighted by atomic mass is 10.2. The number of aldehydes is 1. The Kier molecular flexibility index (Phi) is 2.95. The molecule has 5 heteroatoms. The van der Waals surface area contributed by atoms with E-state index in [0.717, 1.165) is 12.1 Å². The van der Waals surface area contributed by atoms with Crippen LogP contribution in [0, 0.1) is 5.82 Å². The monoisotopic (exact) mass is 230 g/mol. The molecular weight excluding hydrogens is 219 g/mol. The number of carbonyl (C=O) groups excluding carboxylic acids is 1. The molecule has 82 valence electrons. The van der Waals surface area contributed by atoms with E-state index in [2.05, 4.69) is 0 Å². The van der Waals surface area contributed by atoms with E-state index in [1.54, 1.807) is 0 Å². The van der Waals surface area contributed by atoms with Gasteiger partial charge >= 0.3 is 0 Å². The van der Waals surface area contributed by atoms with Crippen molar-refractivity contribution < 1.29 is 17.6 Å². The highest BCUT2D eigenvalue weighted by molar-refractivity contribution is 7.93. The minimum Gasteiger partial charge on any atom is -0.302 e. The molecule has 0 amide bonds. The molecular formula is C10H11FO3S. The van der Waals surface area contributed by atoms with Gasteiger partial charge in [0.1, 0.15) is 16.9 Å². The molecule has 0 aliphatic rings. The first-order valence-corrected chi connectivity index (χ1v) is 5.76. The van der Waals surface area contributed by atoms with E-state index in [1.807, 2.05) is 0 Å². The minimum atomic E-state index is -3.82.